The Morgan fingerprint density at radius 1 is 0.960 bits per heavy atom. The van der Waals surface area contributed by atoms with E-state index >= 15 is 0 Å². The van der Waals surface area contributed by atoms with E-state index in [1.54, 1.807) is 0 Å². The Balaban J connectivity index is 2.36. The number of hydrogen-bond donors (Lipinski definition) is 0. The predicted molar refractivity (Wildman–Crippen MR) is 84.6 cm³/mol. The highest BCUT2D eigenvalue weighted by atomic mass is 35.5. The summed E-state index contributed by atoms with van der Waals surface area (Å²) in [4.78, 5) is -0.0545. The summed E-state index contributed by atoms with van der Waals surface area (Å²) in [5.74, 6) is -0.416. The molecule has 10 heteroatoms. The van der Waals surface area contributed by atoms with Crippen molar-refractivity contribution in [1.82, 2.24) is 0 Å². The normalized spacial score (nSPS) is 12.4. The van der Waals surface area contributed by atoms with Crippen LogP contribution in [-0.4, -0.2) is 5.51 Å². The van der Waals surface area contributed by atoms with E-state index in [9.17, 15) is 26.3 Å². The summed E-state index contributed by atoms with van der Waals surface area (Å²) in [5, 5.41) is -0.893. The van der Waals surface area contributed by atoms with Gasteiger partial charge in [0, 0.05) is 4.90 Å². The summed E-state index contributed by atoms with van der Waals surface area (Å²) in [6, 6.07) is 5.28. The van der Waals surface area contributed by atoms with Gasteiger partial charge in [0.25, 0.3) is 0 Å². The number of halogens is 8. The monoisotopic (exact) mass is 420 g/mol. The van der Waals surface area contributed by atoms with Crippen molar-refractivity contribution in [3.8, 4) is 11.5 Å². The van der Waals surface area contributed by atoms with Gasteiger partial charge in [-0.25, -0.2) is 0 Å². The van der Waals surface area contributed by atoms with Crippen molar-refractivity contribution in [2.45, 2.75) is 23.5 Å². The van der Waals surface area contributed by atoms with E-state index in [4.69, 9.17) is 27.9 Å². The van der Waals surface area contributed by atoms with Gasteiger partial charge in [-0.1, -0.05) is 23.2 Å². The lowest BCUT2D eigenvalue weighted by molar-refractivity contribution is -0.137. The highest BCUT2D eigenvalue weighted by Gasteiger charge is 2.35. The summed E-state index contributed by atoms with van der Waals surface area (Å²) >= 11 is 11.3. The number of aryl methyl sites for hydroxylation is 1. The van der Waals surface area contributed by atoms with Crippen molar-refractivity contribution in [1.29, 1.82) is 0 Å². The zero-order chi connectivity index (χ0) is 19.0. The molecule has 0 aromatic heterocycles. The first-order chi connectivity index (χ1) is 11.4. The summed E-state index contributed by atoms with van der Waals surface area (Å²) in [6.45, 7) is 1.41. The van der Waals surface area contributed by atoms with E-state index < -0.39 is 28.0 Å². The second kappa shape index (κ2) is 7.17. The molecule has 1 nitrogen and oxygen atoms in total. The van der Waals surface area contributed by atoms with Gasteiger partial charge in [-0.15, -0.1) is 0 Å². The quantitative estimate of drug-likeness (QED) is 0.371. The number of thioether (sulfide) groups is 1. The summed E-state index contributed by atoms with van der Waals surface area (Å²) in [5.41, 5.74) is -5.35. The molecular weight excluding hydrogens is 413 g/mol. The molecule has 25 heavy (non-hydrogen) atoms. The summed E-state index contributed by atoms with van der Waals surface area (Å²) < 4.78 is 81.2. The van der Waals surface area contributed by atoms with Crippen molar-refractivity contribution in [2.24, 2.45) is 0 Å². The van der Waals surface area contributed by atoms with Crippen LogP contribution in [0.25, 0.3) is 0 Å². The molecule has 0 aliphatic carbocycles. The third-order valence-electron chi connectivity index (χ3n) is 2.95. The average Bonchev–Trinajstić information content (AvgIpc) is 2.43. The first-order valence-corrected chi connectivity index (χ1v) is 8.05. The Labute approximate surface area is 152 Å². The Morgan fingerprint density at radius 3 is 2.12 bits per heavy atom. The van der Waals surface area contributed by atoms with Gasteiger partial charge >= 0.3 is 11.7 Å². The molecule has 0 N–H and O–H groups in total. The highest BCUT2D eigenvalue weighted by Crippen LogP contribution is 2.45. The van der Waals surface area contributed by atoms with E-state index in [1.807, 2.05) is 0 Å². The van der Waals surface area contributed by atoms with Crippen LogP contribution in [0.1, 0.15) is 11.1 Å². The molecule has 0 aliphatic heterocycles. The van der Waals surface area contributed by atoms with Crippen LogP contribution in [0.5, 0.6) is 11.5 Å². The van der Waals surface area contributed by atoms with E-state index in [0.29, 0.717) is 6.07 Å². The van der Waals surface area contributed by atoms with Crippen LogP contribution in [0.15, 0.2) is 35.2 Å². The van der Waals surface area contributed by atoms with Crippen molar-refractivity contribution in [2.75, 3.05) is 0 Å². The molecule has 0 spiro atoms. The number of benzene rings is 2. The van der Waals surface area contributed by atoms with Crippen LogP contribution >= 0.6 is 35.0 Å². The number of rotatable bonds is 3. The molecule has 2 aromatic rings. The summed E-state index contributed by atoms with van der Waals surface area (Å²) in [6.07, 6.45) is -4.71. The molecule has 0 aliphatic rings. The molecule has 0 atom stereocenters. The van der Waals surface area contributed by atoms with Gasteiger partial charge < -0.3 is 4.74 Å². The average molecular weight is 421 g/mol. The number of alkyl halides is 6. The van der Waals surface area contributed by atoms with E-state index in [0.717, 1.165) is 12.1 Å². The lowest BCUT2D eigenvalue weighted by Crippen LogP contribution is -2.06. The third kappa shape index (κ3) is 5.12. The molecule has 0 heterocycles. The Hall–Kier alpha value is -1.25. The smallest absolute Gasteiger partial charge is 0.446 e. The van der Waals surface area contributed by atoms with Crippen LogP contribution in [0, 0.1) is 6.92 Å². The molecule has 0 saturated heterocycles. The zero-order valence-electron chi connectivity index (χ0n) is 12.2. The standard InChI is InChI=1S/C15H8Cl2F6OS/c1-7-6-8(2-5-11(7)25-15(21,22)23)24-13-10(16)4-3-9(12(13)17)14(18,19)20/h2-6H,1H3. The molecule has 0 saturated carbocycles. The molecule has 0 radical (unpaired) electrons. The fourth-order valence-corrected chi connectivity index (χ4v) is 3.05. The maximum Gasteiger partial charge on any atom is 0.446 e. The van der Waals surface area contributed by atoms with Crippen molar-refractivity contribution in [3.63, 3.8) is 0 Å². The van der Waals surface area contributed by atoms with Gasteiger partial charge in [0.15, 0.2) is 5.75 Å². The number of ether oxygens (including phenoxy) is 1. The van der Waals surface area contributed by atoms with Crippen LogP contribution in [0.3, 0.4) is 0 Å². The molecule has 0 fully saturated rings. The van der Waals surface area contributed by atoms with Gasteiger partial charge in [0.2, 0.25) is 0 Å². The van der Waals surface area contributed by atoms with Crippen LogP contribution < -0.4 is 4.74 Å². The van der Waals surface area contributed by atoms with Gasteiger partial charge in [-0.05, 0) is 54.6 Å². The third-order valence-corrected chi connectivity index (χ3v) is 4.53. The maximum atomic E-state index is 12.9. The SMILES string of the molecule is Cc1cc(Oc2c(Cl)ccc(C(F)(F)F)c2Cl)ccc1SC(F)(F)F. The Morgan fingerprint density at radius 2 is 1.60 bits per heavy atom. The fraction of sp³-hybridized carbons (Fsp3) is 0.200. The Bertz CT molecular complexity index is 789. The Kier molecular flexibility index (Phi) is 5.75. The lowest BCUT2D eigenvalue weighted by Gasteiger charge is -2.15. The minimum Gasteiger partial charge on any atom is -0.454 e. The second-order valence-corrected chi connectivity index (χ2v) is 6.71. The maximum absolute atomic E-state index is 12.9. The van der Waals surface area contributed by atoms with Gasteiger partial charge in [0.1, 0.15) is 5.75 Å². The lowest BCUT2D eigenvalue weighted by atomic mass is 10.2. The van der Waals surface area contributed by atoms with Crippen molar-refractivity contribution in [3.05, 3.63) is 51.5 Å². The molecule has 0 amide bonds. The first-order valence-electron chi connectivity index (χ1n) is 6.48. The molecule has 0 bridgehead atoms. The first kappa shape index (κ1) is 20.1. The van der Waals surface area contributed by atoms with Crippen LogP contribution in [-0.2, 0) is 6.18 Å². The molecule has 0 unspecified atom stereocenters. The predicted octanol–water partition coefficient (Wildman–Crippen LogP) is 7.72. The minimum absolute atomic E-state index is 0.00662. The van der Waals surface area contributed by atoms with Crippen molar-refractivity contribution < 1.29 is 31.1 Å². The fourth-order valence-electron chi connectivity index (χ4n) is 1.89. The zero-order valence-corrected chi connectivity index (χ0v) is 14.6. The van der Waals surface area contributed by atoms with Gasteiger partial charge in [-0.3, -0.25) is 0 Å². The highest BCUT2D eigenvalue weighted by molar-refractivity contribution is 8.00. The topological polar surface area (TPSA) is 9.23 Å². The molecule has 136 valence electrons. The van der Waals surface area contributed by atoms with Crippen molar-refractivity contribution >= 4 is 35.0 Å². The van der Waals surface area contributed by atoms with Gasteiger partial charge in [0.05, 0.1) is 15.6 Å². The number of hydrogen-bond acceptors (Lipinski definition) is 2. The summed E-state index contributed by atoms with van der Waals surface area (Å²) in [7, 11) is 0. The van der Waals surface area contributed by atoms with E-state index in [1.165, 1.54) is 19.1 Å². The molecule has 2 rings (SSSR count). The van der Waals surface area contributed by atoms with E-state index in [-0.39, 0.29) is 33.0 Å². The molecular formula is C15H8Cl2F6OS. The van der Waals surface area contributed by atoms with Crippen LogP contribution in [0.2, 0.25) is 10.0 Å². The minimum atomic E-state index is -4.71. The van der Waals surface area contributed by atoms with Gasteiger partial charge in [-0.2, -0.15) is 26.3 Å². The molecule has 2 aromatic carbocycles. The second-order valence-electron chi connectivity index (χ2n) is 4.81. The largest absolute Gasteiger partial charge is 0.454 e. The van der Waals surface area contributed by atoms with E-state index in [2.05, 4.69) is 0 Å². The van der Waals surface area contributed by atoms with Crippen LogP contribution in [0.4, 0.5) is 26.3 Å².